The lowest BCUT2D eigenvalue weighted by Gasteiger charge is -2.34. The molecule has 1 aromatic carbocycles. The minimum atomic E-state index is -0.615. The van der Waals surface area contributed by atoms with E-state index in [2.05, 4.69) is 45.0 Å². The molecule has 0 radical (unpaired) electrons. The van der Waals surface area contributed by atoms with Crippen LogP contribution in [0.3, 0.4) is 0 Å². The summed E-state index contributed by atoms with van der Waals surface area (Å²) in [5.74, 6) is 0.847. The van der Waals surface area contributed by atoms with Crippen molar-refractivity contribution in [1.82, 2.24) is 29.3 Å². The molecule has 5 rings (SSSR count). The summed E-state index contributed by atoms with van der Waals surface area (Å²) in [5.41, 5.74) is 10.4. The van der Waals surface area contributed by atoms with Crippen LogP contribution in [0.5, 0.6) is 5.75 Å². The predicted molar refractivity (Wildman–Crippen MR) is 155 cm³/mol. The van der Waals surface area contributed by atoms with Crippen molar-refractivity contribution in [2.45, 2.75) is 65.1 Å². The first-order valence-corrected chi connectivity index (χ1v) is 13.6. The van der Waals surface area contributed by atoms with Crippen molar-refractivity contribution in [2.24, 2.45) is 0 Å². The largest absolute Gasteiger partial charge is 0.495 e. The lowest BCUT2D eigenvalue weighted by Crippen LogP contribution is -2.39. The minimum absolute atomic E-state index is 0.361. The van der Waals surface area contributed by atoms with Gasteiger partial charge >= 0.3 is 6.09 Å². The average Bonchev–Trinajstić information content (AvgIpc) is 3.54. The molecule has 3 aromatic heterocycles. The number of nitrogens with one attached hydrogen (secondary N) is 1. The van der Waals surface area contributed by atoms with E-state index >= 15 is 0 Å². The summed E-state index contributed by atoms with van der Waals surface area (Å²) in [7, 11) is 1.56. The fourth-order valence-electron chi connectivity index (χ4n) is 5.21. The van der Waals surface area contributed by atoms with Gasteiger partial charge in [-0.25, -0.2) is 14.3 Å². The SMILES string of the molecule is COc1cc(-c2cc(-c3cnn(C4CCN(C(C)C)CC4)c3)n3ncnc(N)c23)ccc1NC(=O)OC(C)(C)C. The van der Waals surface area contributed by atoms with Crippen molar-refractivity contribution in [3.8, 4) is 28.1 Å². The van der Waals surface area contributed by atoms with Crippen LogP contribution in [0, 0.1) is 0 Å². The first-order chi connectivity index (χ1) is 19.0. The number of piperidine rings is 1. The van der Waals surface area contributed by atoms with E-state index in [1.54, 1.807) is 17.7 Å². The molecule has 11 heteroatoms. The molecule has 0 spiro atoms. The molecule has 0 bridgehead atoms. The van der Waals surface area contributed by atoms with Crippen molar-refractivity contribution in [3.05, 3.63) is 43.0 Å². The molecule has 40 heavy (non-hydrogen) atoms. The number of fused-ring (bicyclic) bond motifs is 1. The molecule has 0 saturated carbocycles. The maximum absolute atomic E-state index is 12.4. The number of aromatic nitrogens is 5. The molecule has 11 nitrogen and oxygen atoms in total. The summed E-state index contributed by atoms with van der Waals surface area (Å²) in [6, 6.07) is 8.49. The molecule has 1 saturated heterocycles. The Morgan fingerprint density at radius 1 is 1.12 bits per heavy atom. The Bertz CT molecular complexity index is 1510. The molecular weight excluding hydrogens is 508 g/mol. The first-order valence-electron chi connectivity index (χ1n) is 13.6. The molecule has 0 unspecified atom stereocenters. The van der Waals surface area contributed by atoms with Crippen molar-refractivity contribution >= 4 is 23.1 Å². The van der Waals surface area contributed by atoms with Crippen LogP contribution in [-0.4, -0.2) is 67.2 Å². The number of anilines is 2. The Morgan fingerprint density at radius 3 is 2.55 bits per heavy atom. The third-order valence-electron chi connectivity index (χ3n) is 7.23. The molecule has 1 aliphatic heterocycles. The van der Waals surface area contributed by atoms with Crippen molar-refractivity contribution in [2.75, 3.05) is 31.2 Å². The Morgan fingerprint density at radius 2 is 1.88 bits per heavy atom. The van der Waals surface area contributed by atoms with E-state index in [0.717, 1.165) is 48.3 Å². The zero-order valence-electron chi connectivity index (χ0n) is 24.0. The summed E-state index contributed by atoms with van der Waals surface area (Å²) >= 11 is 0. The molecule has 3 N–H and O–H groups in total. The summed E-state index contributed by atoms with van der Waals surface area (Å²) in [6.07, 6.45) is 7.01. The zero-order valence-corrected chi connectivity index (χ0v) is 24.0. The summed E-state index contributed by atoms with van der Waals surface area (Å²) in [6.45, 7) is 12.1. The van der Waals surface area contributed by atoms with Gasteiger partial charge in [0.1, 0.15) is 23.2 Å². The molecule has 0 aliphatic carbocycles. The van der Waals surface area contributed by atoms with Gasteiger partial charge in [0.15, 0.2) is 5.82 Å². The van der Waals surface area contributed by atoms with Gasteiger partial charge in [-0.1, -0.05) is 6.07 Å². The van der Waals surface area contributed by atoms with Crippen molar-refractivity contribution in [3.63, 3.8) is 0 Å². The summed E-state index contributed by atoms with van der Waals surface area (Å²) in [5, 5.41) is 12.0. The third-order valence-corrected chi connectivity index (χ3v) is 7.23. The molecule has 1 fully saturated rings. The van der Waals surface area contributed by atoms with Gasteiger partial charge in [0, 0.05) is 36.5 Å². The first kappa shape index (κ1) is 27.4. The Balaban J connectivity index is 1.47. The van der Waals surface area contributed by atoms with Crippen LogP contribution in [0.1, 0.15) is 53.5 Å². The molecule has 0 atom stereocenters. The standard InChI is InChI=1S/C29H38N8O3/c1-18(2)35-11-9-21(10-12-35)36-16-20(15-32-36)24-14-22(26-27(30)31-17-33-37(24)26)19-7-8-23(25(13-19)39-6)34-28(38)40-29(3,4)5/h7-8,13-18,21H,9-12H2,1-6H3,(H,34,38)(H2,30,31,33). The number of carbonyl (C=O) groups excluding carboxylic acids is 1. The number of likely N-dealkylation sites (tertiary alicyclic amines) is 1. The lowest BCUT2D eigenvalue weighted by molar-refractivity contribution is 0.0635. The Labute approximate surface area is 234 Å². The highest BCUT2D eigenvalue weighted by molar-refractivity contribution is 5.94. The fourth-order valence-corrected chi connectivity index (χ4v) is 5.21. The van der Waals surface area contributed by atoms with E-state index in [9.17, 15) is 4.79 Å². The number of ether oxygens (including phenoxy) is 2. The van der Waals surface area contributed by atoms with Crippen LogP contribution in [0.2, 0.25) is 0 Å². The van der Waals surface area contributed by atoms with Gasteiger partial charge in [-0.2, -0.15) is 10.2 Å². The average molecular weight is 547 g/mol. The maximum atomic E-state index is 12.4. The normalized spacial score (nSPS) is 15.1. The highest BCUT2D eigenvalue weighted by atomic mass is 16.6. The number of carbonyl (C=O) groups is 1. The number of nitrogen functional groups attached to an aromatic ring is 1. The second kappa shape index (κ2) is 10.8. The predicted octanol–water partition coefficient (Wildman–Crippen LogP) is 5.24. The quantitative estimate of drug-likeness (QED) is 0.336. The number of benzene rings is 1. The fraction of sp³-hybridized carbons (Fsp3) is 0.448. The lowest BCUT2D eigenvalue weighted by atomic mass is 10.0. The summed E-state index contributed by atoms with van der Waals surface area (Å²) in [4.78, 5) is 19.1. The van der Waals surface area contributed by atoms with Gasteiger partial charge in [0.2, 0.25) is 0 Å². The Hall–Kier alpha value is -4.12. The Kier molecular flexibility index (Phi) is 7.41. The van der Waals surface area contributed by atoms with Crippen LogP contribution in [0.15, 0.2) is 43.0 Å². The number of hydrogen-bond donors (Lipinski definition) is 2. The van der Waals surface area contributed by atoms with E-state index in [0.29, 0.717) is 34.9 Å². The van der Waals surface area contributed by atoms with Crippen LogP contribution < -0.4 is 15.8 Å². The van der Waals surface area contributed by atoms with Crippen LogP contribution in [0.4, 0.5) is 16.3 Å². The topological polar surface area (TPSA) is 125 Å². The maximum Gasteiger partial charge on any atom is 0.412 e. The highest BCUT2D eigenvalue weighted by Gasteiger charge is 2.24. The van der Waals surface area contributed by atoms with Crippen LogP contribution >= 0.6 is 0 Å². The molecular formula is C29H38N8O3. The number of rotatable bonds is 6. The second-order valence-electron chi connectivity index (χ2n) is 11.5. The van der Waals surface area contributed by atoms with Gasteiger partial charge in [0.05, 0.1) is 30.7 Å². The van der Waals surface area contributed by atoms with Gasteiger partial charge in [0.25, 0.3) is 0 Å². The van der Waals surface area contributed by atoms with Crippen molar-refractivity contribution in [1.29, 1.82) is 0 Å². The molecule has 4 heterocycles. The van der Waals surface area contributed by atoms with Crippen molar-refractivity contribution < 1.29 is 14.3 Å². The molecule has 1 amide bonds. The van der Waals surface area contributed by atoms with E-state index < -0.39 is 11.7 Å². The van der Waals surface area contributed by atoms with Crippen LogP contribution in [0.25, 0.3) is 27.9 Å². The van der Waals surface area contributed by atoms with E-state index in [-0.39, 0.29) is 0 Å². The van der Waals surface area contributed by atoms with E-state index in [1.807, 2.05) is 45.2 Å². The van der Waals surface area contributed by atoms with Gasteiger partial charge in [-0.3, -0.25) is 10.00 Å². The summed E-state index contributed by atoms with van der Waals surface area (Å²) < 4.78 is 14.9. The zero-order chi connectivity index (χ0) is 28.6. The van der Waals surface area contributed by atoms with Gasteiger partial charge in [-0.05, 0) is 71.2 Å². The smallest absolute Gasteiger partial charge is 0.412 e. The monoisotopic (exact) mass is 546 g/mol. The minimum Gasteiger partial charge on any atom is -0.495 e. The highest BCUT2D eigenvalue weighted by Crippen LogP contribution is 2.38. The number of hydrogen-bond acceptors (Lipinski definition) is 8. The van der Waals surface area contributed by atoms with Crippen LogP contribution in [-0.2, 0) is 4.74 Å². The second-order valence-corrected chi connectivity index (χ2v) is 11.5. The number of amides is 1. The van der Waals surface area contributed by atoms with Gasteiger partial charge in [-0.15, -0.1) is 0 Å². The van der Waals surface area contributed by atoms with E-state index in [1.165, 1.54) is 6.33 Å². The van der Waals surface area contributed by atoms with Gasteiger partial charge < -0.3 is 20.1 Å². The van der Waals surface area contributed by atoms with E-state index in [4.69, 9.17) is 20.3 Å². The third kappa shape index (κ3) is 5.60. The molecule has 212 valence electrons. The molecule has 4 aromatic rings. The molecule has 1 aliphatic rings. The number of nitrogens with two attached hydrogens (primary N) is 1. The number of methoxy groups -OCH3 is 1. The number of nitrogens with zero attached hydrogens (tertiary/aromatic N) is 6.